The summed E-state index contributed by atoms with van der Waals surface area (Å²) in [6.07, 6.45) is -0.457. The standard InChI is InChI=1S/2C32H36N2O4/c2*1-3-37-31(32(36)33-29(23-35)26-10-6-4-7-11-26)22-25-15-17-28(18-16-25)38-21-20-34-24(2)14-19-30(34)27-12-8-5-9-13-27/h2*4-19,29,31,35H,3,20-23H2,1-2H3,(H,33,36)/t29-,31+;29-,31-/m00/s1. The fourth-order valence-corrected chi connectivity index (χ4v) is 9.06. The van der Waals surface area contributed by atoms with E-state index in [2.05, 4.69) is 82.1 Å². The van der Waals surface area contributed by atoms with Crippen LogP contribution in [0.3, 0.4) is 0 Å². The number of rotatable bonds is 26. The zero-order valence-electron chi connectivity index (χ0n) is 44.1. The van der Waals surface area contributed by atoms with E-state index in [9.17, 15) is 19.8 Å². The SMILES string of the molecule is CCO[C@@H](Cc1ccc(OCCn2c(C)ccc2-c2ccccc2)cc1)C(=O)N[C@@H](CO)c1ccccc1.CCO[C@H](Cc1ccc(OCCn2c(C)ccc2-c2ccccc2)cc1)C(=O)N[C@@H](CO)c1ccccc1. The molecule has 0 unspecified atom stereocenters. The highest BCUT2D eigenvalue weighted by atomic mass is 16.5. The zero-order chi connectivity index (χ0) is 53.5. The number of aliphatic hydroxyl groups is 2. The molecule has 396 valence electrons. The second-order valence-corrected chi connectivity index (χ2v) is 18.3. The lowest BCUT2D eigenvalue weighted by molar-refractivity contribution is -0.134. The van der Waals surface area contributed by atoms with Crippen molar-refractivity contribution in [2.45, 2.75) is 77.9 Å². The number of carbonyl (C=O) groups excluding carboxylic acids is 2. The van der Waals surface area contributed by atoms with Crippen molar-refractivity contribution in [2.24, 2.45) is 0 Å². The molecule has 2 heterocycles. The van der Waals surface area contributed by atoms with Crippen LogP contribution in [-0.2, 0) is 45.0 Å². The number of carbonyl (C=O) groups is 2. The molecule has 2 aromatic heterocycles. The molecular weight excluding hydrogens is 953 g/mol. The number of hydrogen-bond donors (Lipinski definition) is 4. The minimum Gasteiger partial charge on any atom is -0.492 e. The number of benzene rings is 6. The van der Waals surface area contributed by atoms with Gasteiger partial charge in [-0.2, -0.15) is 0 Å². The molecule has 8 aromatic rings. The topological polar surface area (TPSA) is 145 Å². The van der Waals surface area contributed by atoms with Crippen molar-refractivity contribution in [3.05, 3.63) is 228 Å². The molecule has 8 rings (SSSR count). The van der Waals surface area contributed by atoms with E-state index in [-0.39, 0.29) is 25.0 Å². The number of aromatic nitrogens is 2. The van der Waals surface area contributed by atoms with E-state index < -0.39 is 24.3 Å². The van der Waals surface area contributed by atoms with Crippen molar-refractivity contribution in [2.75, 3.05) is 39.6 Å². The van der Waals surface area contributed by atoms with Gasteiger partial charge in [-0.3, -0.25) is 9.59 Å². The van der Waals surface area contributed by atoms with Gasteiger partial charge >= 0.3 is 0 Å². The predicted molar refractivity (Wildman–Crippen MR) is 300 cm³/mol. The monoisotopic (exact) mass is 1020 g/mol. The van der Waals surface area contributed by atoms with E-state index >= 15 is 0 Å². The number of nitrogens with zero attached hydrogens (tertiary/aromatic N) is 2. The van der Waals surface area contributed by atoms with Crippen LogP contribution in [0.15, 0.2) is 194 Å². The molecule has 0 fully saturated rings. The maximum absolute atomic E-state index is 13.0. The number of aliphatic hydroxyl groups excluding tert-OH is 2. The molecule has 0 aliphatic carbocycles. The smallest absolute Gasteiger partial charge is 0.250 e. The first-order valence-corrected chi connectivity index (χ1v) is 26.2. The minimum absolute atomic E-state index is 0.185. The molecule has 4 atom stereocenters. The maximum Gasteiger partial charge on any atom is 0.250 e. The molecule has 76 heavy (non-hydrogen) atoms. The molecule has 12 heteroatoms. The van der Waals surface area contributed by atoms with Gasteiger partial charge in [-0.1, -0.05) is 146 Å². The van der Waals surface area contributed by atoms with Crippen molar-refractivity contribution >= 4 is 11.8 Å². The van der Waals surface area contributed by atoms with Crippen LogP contribution in [0.4, 0.5) is 0 Å². The molecule has 0 aliphatic rings. The van der Waals surface area contributed by atoms with E-state index in [1.54, 1.807) is 0 Å². The van der Waals surface area contributed by atoms with Crippen LogP contribution in [0.5, 0.6) is 11.5 Å². The summed E-state index contributed by atoms with van der Waals surface area (Å²) in [6, 6.07) is 62.8. The van der Waals surface area contributed by atoms with Crippen LogP contribution in [0.2, 0.25) is 0 Å². The Morgan fingerprint density at radius 3 is 1.13 bits per heavy atom. The molecule has 4 N–H and O–H groups in total. The predicted octanol–water partition coefficient (Wildman–Crippen LogP) is 10.7. The molecule has 6 aromatic carbocycles. The lowest BCUT2D eigenvalue weighted by atomic mass is 10.0. The van der Waals surface area contributed by atoms with Gasteiger partial charge < -0.3 is 48.9 Å². The van der Waals surface area contributed by atoms with Crippen LogP contribution in [0.25, 0.3) is 22.5 Å². The largest absolute Gasteiger partial charge is 0.492 e. The summed E-state index contributed by atoms with van der Waals surface area (Å²) < 4.78 is 28.1. The quantitative estimate of drug-likeness (QED) is 0.0420. The van der Waals surface area contributed by atoms with Crippen molar-refractivity contribution < 1.29 is 38.7 Å². The number of amides is 2. The van der Waals surface area contributed by atoms with E-state index in [4.69, 9.17) is 18.9 Å². The fourth-order valence-electron chi connectivity index (χ4n) is 9.06. The molecule has 0 bridgehead atoms. The lowest BCUT2D eigenvalue weighted by Crippen LogP contribution is -2.41. The van der Waals surface area contributed by atoms with Crippen LogP contribution in [-0.4, -0.2) is 83.0 Å². The summed E-state index contributed by atoms with van der Waals surface area (Å²) in [7, 11) is 0. The number of hydrogen-bond acceptors (Lipinski definition) is 8. The summed E-state index contributed by atoms with van der Waals surface area (Å²) in [6.45, 7) is 11.0. The van der Waals surface area contributed by atoms with E-state index in [1.807, 2.05) is 159 Å². The van der Waals surface area contributed by atoms with Gasteiger partial charge in [-0.25, -0.2) is 0 Å². The highest BCUT2D eigenvalue weighted by Gasteiger charge is 2.25. The van der Waals surface area contributed by atoms with Crippen molar-refractivity contribution in [3.8, 4) is 34.0 Å². The Morgan fingerprint density at radius 2 is 0.803 bits per heavy atom. The lowest BCUT2D eigenvalue weighted by Gasteiger charge is -2.22. The van der Waals surface area contributed by atoms with Gasteiger partial charge in [0, 0.05) is 48.8 Å². The Kier molecular flexibility index (Phi) is 21.6. The number of aryl methyl sites for hydroxylation is 2. The van der Waals surface area contributed by atoms with Gasteiger partial charge in [0.2, 0.25) is 11.8 Å². The van der Waals surface area contributed by atoms with Crippen molar-refractivity contribution in [1.82, 2.24) is 19.8 Å². The summed E-state index contributed by atoms with van der Waals surface area (Å²) >= 11 is 0. The Hall–Kier alpha value is -7.74. The maximum atomic E-state index is 13.0. The molecular formula is C64H72N4O8. The molecule has 0 radical (unpaired) electrons. The van der Waals surface area contributed by atoms with Gasteiger partial charge in [0.1, 0.15) is 36.9 Å². The average molecular weight is 1030 g/mol. The van der Waals surface area contributed by atoms with Gasteiger partial charge in [-0.15, -0.1) is 0 Å². The van der Waals surface area contributed by atoms with Gasteiger partial charge in [-0.05, 0) is 110 Å². The molecule has 0 spiro atoms. The van der Waals surface area contributed by atoms with Crippen molar-refractivity contribution in [3.63, 3.8) is 0 Å². The number of nitrogens with one attached hydrogen (secondary N) is 2. The molecule has 2 amide bonds. The third kappa shape index (κ3) is 16.1. The number of ether oxygens (including phenoxy) is 4. The van der Waals surface area contributed by atoms with Gasteiger partial charge in [0.05, 0.1) is 38.4 Å². The molecule has 12 nitrogen and oxygen atoms in total. The highest BCUT2D eigenvalue weighted by molar-refractivity contribution is 5.82. The average Bonchev–Trinajstić information content (AvgIpc) is 4.03. The zero-order valence-corrected chi connectivity index (χ0v) is 44.1. The van der Waals surface area contributed by atoms with Crippen LogP contribution in [0, 0.1) is 13.8 Å². The van der Waals surface area contributed by atoms with E-state index in [0.717, 1.165) is 46.8 Å². The second-order valence-electron chi connectivity index (χ2n) is 18.3. The Balaban J connectivity index is 0.000000221. The highest BCUT2D eigenvalue weighted by Crippen LogP contribution is 2.25. The summed E-state index contributed by atoms with van der Waals surface area (Å²) in [4.78, 5) is 26.0. The first kappa shape index (κ1) is 56.0. The van der Waals surface area contributed by atoms with Crippen LogP contribution in [0.1, 0.15) is 59.6 Å². The third-order valence-corrected chi connectivity index (χ3v) is 13.1. The molecule has 0 saturated carbocycles. The third-order valence-electron chi connectivity index (χ3n) is 13.1. The second kappa shape index (κ2) is 29.4. The molecule has 0 aliphatic heterocycles. The summed E-state index contributed by atoms with van der Waals surface area (Å²) in [5, 5.41) is 25.5. The van der Waals surface area contributed by atoms with Gasteiger partial charge in [0.25, 0.3) is 0 Å². The normalized spacial score (nSPS) is 12.6. The Bertz CT molecular complexity index is 2740. The summed E-state index contributed by atoms with van der Waals surface area (Å²) in [5.41, 5.74) is 10.8. The van der Waals surface area contributed by atoms with Crippen LogP contribution < -0.4 is 20.1 Å². The summed E-state index contributed by atoms with van der Waals surface area (Å²) in [5.74, 6) is 1.07. The first-order chi connectivity index (χ1) is 37.2. The minimum atomic E-state index is -0.655. The van der Waals surface area contributed by atoms with E-state index in [1.165, 1.54) is 33.9 Å². The van der Waals surface area contributed by atoms with Gasteiger partial charge in [0.15, 0.2) is 0 Å². The van der Waals surface area contributed by atoms with Crippen LogP contribution >= 0.6 is 0 Å². The van der Waals surface area contributed by atoms with Crippen molar-refractivity contribution in [1.29, 1.82) is 0 Å². The Morgan fingerprint density at radius 1 is 0.461 bits per heavy atom. The fraction of sp³-hybridized carbons (Fsp3) is 0.281. The van der Waals surface area contributed by atoms with E-state index in [0.29, 0.717) is 39.3 Å². The first-order valence-electron chi connectivity index (χ1n) is 26.2. The molecule has 0 saturated heterocycles. The Labute approximate surface area is 447 Å².